The Balaban J connectivity index is 2.39. The molecule has 1 heterocycles. The van der Waals surface area contributed by atoms with Crippen molar-refractivity contribution < 1.29 is 9.18 Å². The SMILES string of the molecule is O=Cc1nnc(-c2ccc(F)cc2)[nH]1. The van der Waals surface area contributed by atoms with Gasteiger partial charge in [-0.05, 0) is 24.3 Å². The summed E-state index contributed by atoms with van der Waals surface area (Å²) in [7, 11) is 0. The Morgan fingerprint density at radius 3 is 2.50 bits per heavy atom. The molecule has 2 aromatic rings. The Labute approximate surface area is 78.8 Å². The fourth-order valence-corrected chi connectivity index (χ4v) is 1.07. The third-order valence-corrected chi connectivity index (χ3v) is 1.73. The summed E-state index contributed by atoms with van der Waals surface area (Å²) < 4.78 is 12.6. The van der Waals surface area contributed by atoms with E-state index in [9.17, 15) is 9.18 Å². The first-order valence-corrected chi connectivity index (χ1v) is 3.93. The van der Waals surface area contributed by atoms with Crippen molar-refractivity contribution in [3.63, 3.8) is 0 Å². The molecular formula is C9H6FN3O. The minimum absolute atomic E-state index is 0.157. The molecule has 0 amide bonds. The smallest absolute Gasteiger partial charge is 0.194 e. The van der Waals surface area contributed by atoms with Crippen molar-refractivity contribution >= 4 is 6.29 Å². The maximum atomic E-state index is 12.6. The van der Waals surface area contributed by atoms with Crippen molar-refractivity contribution in [3.05, 3.63) is 35.9 Å². The minimum atomic E-state index is -0.316. The maximum Gasteiger partial charge on any atom is 0.194 e. The number of aromatic nitrogens is 3. The zero-order chi connectivity index (χ0) is 9.97. The van der Waals surface area contributed by atoms with E-state index in [0.29, 0.717) is 17.7 Å². The van der Waals surface area contributed by atoms with Crippen LogP contribution in [0.1, 0.15) is 10.6 Å². The summed E-state index contributed by atoms with van der Waals surface area (Å²) in [4.78, 5) is 13.0. The van der Waals surface area contributed by atoms with Crippen molar-refractivity contribution in [1.82, 2.24) is 15.2 Å². The first-order valence-electron chi connectivity index (χ1n) is 3.93. The van der Waals surface area contributed by atoms with Gasteiger partial charge in [0.1, 0.15) is 5.82 Å². The standard InChI is InChI=1S/C9H6FN3O/c10-7-3-1-6(2-4-7)9-11-8(5-14)12-13-9/h1-5H,(H,11,12,13). The Kier molecular flexibility index (Phi) is 2.06. The number of carbonyl (C=O) groups excluding carboxylic acids is 1. The lowest BCUT2D eigenvalue weighted by atomic mass is 10.2. The van der Waals surface area contributed by atoms with Crippen LogP contribution in [0.5, 0.6) is 0 Å². The molecule has 0 unspecified atom stereocenters. The van der Waals surface area contributed by atoms with Gasteiger partial charge >= 0.3 is 0 Å². The molecule has 0 fully saturated rings. The summed E-state index contributed by atoms with van der Waals surface area (Å²) in [6, 6.07) is 5.76. The predicted molar refractivity (Wildman–Crippen MR) is 47.2 cm³/mol. The lowest BCUT2D eigenvalue weighted by Crippen LogP contribution is -1.82. The van der Waals surface area contributed by atoms with E-state index in [1.165, 1.54) is 12.1 Å². The molecule has 0 atom stereocenters. The Morgan fingerprint density at radius 1 is 1.21 bits per heavy atom. The van der Waals surface area contributed by atoms with E-state index >= 15 is 0 Å². The first kappa shape index (κ1) is 8.55. The lowest BCUT2D eigenvalue weighted by molar-refractivity contribution is 0.111. The number of hydrogen-bond donors (Lipinski definition) is 1. The highest BCUT2D eigenvalue weighted by Gasteiger charge is 2.03. The van der Waals surface area contributed by atoms with Gasteiger partial charge in [-0.25, -0.2) is 4.39 Å². The molecule has 0 spiro atoms. The number of aldehydes is 1. The second kappa shape index (κ2) is 3.37. The fraction of sp³-hybridized carbons (Fsp3) is 0. The van der Waals surface area contributed by atoms with Crippen LogP contribution in [0.15, 0.2) is 24.3 Å². The molecule has 2 rings (SSSR count). The molecular weight excluding hydrogens is 185 g/mol. The van der Waals surface area contributed by atoms with Crippen LogP contribution in [0, 0.1) is 5.82 Å². The highest BCUT2D eigenvalue weighted by atomic mass is 19.1. The molecule has 1 aromatic heterocycles. The molecule has 0 aliphatic rings. The zero-order valence-corrected chi connectivity index (χ0v) is 7.07. The average molecular weight is 191 g/mol. The van der Waals surface area contributed by atoms with Crippen molar-refractivity contribution in [2.75, 3.05) is 0 Å². The molecule has 0 aliphatic heterocycles. The van der Waals surface area contributed by atoms with Crippen LogP contribution in [0.2, 0.25) is 0 Å². The number of nitrogens with zero attached hydrogens (tertiary/aromatic N) is 2. The molecule has 0 bridgehead atoms. The number of benzene rings is 1. The highest BCUT2D eigenvalue weighted by molar-refractivity contribution is 5.70. The van der Waals surface area contributed by atoms with Gasteiger partial charge in [-0.2, -0.15) is 0 Å². The van der Waals surface area contributed by atoms with Gasteiger partial charge in [0.2, 0.25) is 0 Å². The summed E-state index contributed by atoms with van der Waals surface area (Å²) >= 11 is 0. The van der Waals surface area contributed by atoms with Crippen LogP contribution in [0.25, 0.3) is 11.4 Å². The number of aromatic amines is 1. The summed E-state index contributed by atoms with van der Waals surface area (Å²) in [5.74, 6) is 0.292. The maximum absolute atomic E-state index is 12.6. The molecule has 0 aliphatic carbocycles. The van der Waals surface area contributed by atoms with Crippen LogP contribution in [0.3, 0.4) is 0 Å². The van der Waals surface area contributed by atoms with Gasteiger partial charge in [0.05, 0.1) is 0 Å². The summed E-state index contributed by atoms with van der Waals surface area (Å²) in [6.07, 6.45) is 0.569. The van der Waals surface area contributed by atoms with Crippen LogP contribution in [0.4, 0.5) is 4.39 Å². The van der Waals surface area contributed by atoms with Crippen molar-refractivity contribution in [2.24, 2.45) is 0 Å². The quantitative estimate of drug-likeness (QED) is 0.730. The number of hydrogen-bond acceptors (Lipinski definition) is 3. The van der Waals surface area contributed by atoms with Crippen LogP contribution >= 0.6 is 0 Å². The van der Waals surface area contributed by atoms with Crippen LogP contribution in [-0.2, 0) is 0 Å². The number of H-pyrrole nitrogens is 1. The number of rotatable bonds is 2. The summed E-state index contributed by atoms with van der Waals surface area (Å²) in [5.41, 5.74) is 0.687. The Hall–Kier alpha value is -2.04. The number of nitrogens with one attached hydrogen (secondary N) is 1. The van der Waals surface area contributed by atoms with Crippen molar-refractivity contribution in [2.45, 2.75) is 0 Å². The topological polar surface area (TPSA) is 58.6 Å². The van der Waals surface area contributed by atoms with E-state index in [1.807, 2.05) is 0 Å². The third-order valence-electron chi connectivity index (χ3n) is 1.73. The van der Waals surface area contributed by atoms with Gasteiger partial charge in [-0.3, -0.25) is 4.79 Å². The largest absolute Gasteiger partial charge is 0.319 e. The van der Waals surface area contributed by atoms with Crippen molar-refractivity contribution in [1.29, 1.82) is 0 Å². The Morgan fingerprint density at radius 2 is 1.93 bits per heavy atom. The molecule has 70 valence electrons. The predicted octanol–water partition coefficient (Wildman–Crippen LogP) is 1.42. The molecule has 1 aromatic carbocycles. The Bertz CT molecular complexity index is 449. The van der Waals surface area contributed by atoms with Crippen LogP contribution < -0.4 is 0 Å². The molecule has 0 saturated heterocycles. The molecule has 5 heteroatoms. The van der Waals surface area contributed by atoms with E-state index < -0.39 is 0 Å². The van der Waals surface area contributed by atoms with Gasteiger partial charge in [0.25, 0.3) is 0 Å². The normalized spacial score (nSPS) is 10.1. The number of halogens is 1. The average Bonchev–Trinajstić information content (AvgIpc) is 2.67. The second-order valence-electron chi connectivity index (χ2n) is 2.68. The van der Waals surface area contributed by atoms with Gasteiger partial charge in [0.15, 0.2) is 17.9 Å². The van der Waals surface area contributed by atoms with E-state index in [-0.39, 0.29) is 11.6 Å². The number of carbonyl (C=O) groups is 1. The van der Waals surface area contributed by atoms with E-state index in [2.05, 4.69) is 15.2 Å². The van der Waals surface area contributed by atoms with E-state index in [1.54, 1.807) is 12.1 Å². The first-order chi connectivity index (χ1) is 6.79. The molecule has 14 heavy (non-hydrogen) atoms. The van der Waals surface area contributed by atoms with Gasteiger partial charge in [-0.15, -0.1) is 10.2 Å². The van der Waals surface area contributed by atoms with Gasteiger partial charge < -0.3 is 4.98 Å². The molecule has 0 saturated carbocycles. The highest BCUT2D eigenvalue weighted by Crippen LogP contribution is 2.14. The zero-order valence-electron chi connectivity index (χ0n) is 7.07. The molecule has 4 nitrogen and oxygen atoms in total. The molecule has 0 radical (unpaired) electrons. The summed E-state index contributed by atoms with van der Waals surface area (Å²) in [6.45, 7) is 0. The van der Waals surface area contributed by atoms with Gasteiger partial charge in [-0.1, -0.05) is 0 Å². The monoisotopic (exact) mass is 191 g/mol. The van der Waals surface area contributed by atoms with Crippen LogP contribution in [-0.4, -0.2) is 21.5 Å². The second-order valence-corrected chi connectivity index (χ2v) is 2.68. The summed E-state index contributed by atoms with van der Waals surface area (Å²) in [5, 5.41) is 7.29. The fourth-order valence-electron chi connectivity index (χ4n) is 1.07. The lowest BCUT2D eigenvalue weighted by Gasteiger charge is -1.93. The third kappa shape index (κ3) is 1.52. The van der Waals surface area contributed by atoms with Crippen molar-refractivity contribution in [3.8, 4) is 11.4 Å². The minimum Gasteiger partial charge on any atom is -0.319 e. The molecule has 1 N–H and O–H groups in total. The van der Waals surface area contributed by atoms with Gasteiger partial charge in [0, 0.05) is 5.56 Å². The van der Waals surface area contributed by atoms with E-state index in [0.717, 1.165) is 0 Å². The van der Waals surface area contributed by atoms with E-state index in [4.69, 9.17) is 0 Å².